The van der Waals surface area contributed by atoms with E-state index in [0.29, 0.717) is 23.9 Å². The van der Waals surface area contributed by atoms with Crippen LogP contribution in [0.3, 0.4) is 0 Å². The Labute approximate surface area is 124 Å². The molecule has 2 unspecified atom stereocenters. The monoisotopic (exact) mass is 287 g/mol. The van der Waals surface area contributed by atoms with Crippen LogP contribution < -0.4 is 10.6 Å². The summed E-state index contributed by atoms with van der Waals surface area (Å²) < 4.78 is 1.79. The summed E-state index contributed by atoms with van der Waals surface area (Å²) in [6.45, 7) is 5.17. The highest BCUT2D eigenvalue weighted by atomic mass is 15.3. The molecule has 2 atom stereocenters. The third-order valence-electron chi connectivity index (χ3n) is 3.65. The number of rotatable bonds is 7. The average molecular weight is 287 g/mol. The van der Waals surface area contributed by atoms with Gasteiger partial charge in [-0.25, -0.2) is 4.98 Å². The summed E-state index contributed by atoms with van der Waals surface area (Å²) in [4.78, 5) is 17.4. The summed E-state index contributed by atoms with van der Waals surface area (Å²) in [6.07, 6.45) is 8.64. The first-order valence-corrected chi connectivity index (χ1v) is 7.55. The van der Waals surface area contributed by atoms with Gasteiger partial charge in [0.25, 0.3) is 0 Å². The number of anilines is 2. The molecular formula is C14H21N7. The molecule has 7 nitrogen and oxygen atoms in total. The minimum atomic E-state index is 0.493. The van der Waals surface area contributed by atoms with E-state index in [1.165, 1.54) is 12.8 Å². The molecule has 1 aliphatic rings. The summed E-state index contributed by atoms with van der Waals surface area (Å²) in [6, 6.07) is 0.493. The van der Waals surface area contributed by atoms with Crippen LogP contribution in [0.1, 0.15) is 33.1 Å². The summed E-state index contributed by atoms with van der Waals surface area (Å²) in [5, 5.41) is 6.62. The second-order valence-corrected chi connectivity index (χ2v) is 5.33. The largest absolute Gasteiger partial charge is 0.354 e. The molecule has 1 saturated carbocycles. The Bertz CT molecular complexity index is 581. The summed E-state index contributed by atoms with van der Waals surface area (Å²) in [5.41, 5.74) is 0. The van der Waals surface area contributed by atoms with Crippen LogP contribution in [-0.4, -0.2) is 37.1 Å². The van der Waals surface area contributed by atoms with Crippen LogP contribution in [0.15, 0.2) is 18.7 Å². The van der Waals surface area contributed by atoms with Crippen molar-refractivity contribution in [3.63, 3.8) is 0 Å². The van der Waals surface area contributed by atoms with Crippen molar-refractivity contribution in [2.45, 2.75) is 39.2 Å². The van der Waals surface area contributed by atoms with E-state index in [2.05, 4.69) is 44.4 Å². The lowest BCUT2D eigenvalue weighted by atomic mass is 10.3. The third kappa shape index (κ3) is 3.29. The van der Waals surface area contributed by atoms with E-state index in [1.54, 1.807) is 17.1 Å². The Balaban J connectivity index is 1.82. The molecule has 2 heterocycles. The standard InChI is InChI=1S/C14H21N7/c1-3-5-16-12-18-13(17-11-8-10(11)4-2)20-14(19-12)21-7-6-15-9-21/h6-7,9-11H,3-5,8H2,1-2H3,(H2,16,17,18,19,20). The molecule has 3 rings (SSSR count). The number of aromatic nitrogens is 5. The number of nitrogens with zero attached hydrogens (tertiary/aromatic N) is 5. The van der Waals surface area contributed by atoms with Gasteiger partial charge in [0.05, 0.1) is 0 Å². The summed E-state index contributed by atoms with van der Waals surface area (Å²) in [5.74, 6) is 2.56. The van der Waals surface area contributed by atoms with Gasteiger partial charge < -0.3 is 10.6 Å². The van der Waals surface area contributed by atoms with Gasteiger partial charge in [0, 0.05) is 25.0 Å². The first kappa shape index (κ1) is 13.8. The molecule has 112 valence electrons. The lowest BCUT2D eigenvalue weighted by Crippen LogP contribution is -2.14. The van der Waals surface area contributed by atoms with Gasteiger partial charge in [-0.1, -0.05) is 20.3 Å². The molecule has 0 amide bonds. The van der Waals surface area contributed by atoms with E-state index in [9.17, 15) is 0 Å². The number of imidazole rings is 1. The van der Waals surface area contributed by atoms with Crippen molar-refractivity contribution in [2.24, 2.45) is 5.92 Å². The molecular weight excluding hydrogens is 266 g/mol. The van der Waals surface area contributed by atoms with E-state index in [4.69, 9.17) is 0 Å². The molecule has 0 aliphatic heterocycles. The molecule has 7 heteroatoms. The average Bonchev–Trinajstić information content (AvgIpc) is 3.02. The van der Waals surface area contributed by atoms with E-state index in [0.717, 1.165) is 18.9 Å². The van der Waals surface area contributed by atoms with Gasteiger partial charge in [-0.05, 0) is 18.8 Å². The Hall–Kier alpha value is -2.18. The zero-order chi connectivity index (χ0) is 14.7. The van der Waals surface area contributed by atoms with E-state index in [-0.39, 0.29) is 0 Å². The van der Waals surface area contributed by atoms with Crippen LogP contribution >= 0.6 is 0 Å². The fourth-order valence-corrected chi connectivity index (χ4v) is 2.28. The Morgan fingerprint density at radius 1 is 1.24 bits per heavy atom. The van der Waals surface area contributed by atoms with Crippen molar-refractivity contribution in [2.75, 3.05) is 17.2 Å². The second-order valence-electron chi connectivity index (χ2n) is 5.33. The molecule has 2 aromatic heterocycles. The summed E-state index contributed by atoms with van der Waals surface area (Å²) >= 11 is 0. The number of hydrogen-bond acceptors (Lipinski definition) is 6. The molecule has 0 saturated heterocycles. The second kappa shape index (κ2) is 6.07. The highest BCUT2D eigenvalue weighted by Gasteiger charge is 2.35. The lowest BCUT2D eigenvalue weighted by Gasteiger charge is -2.09. The highest BCUT2D eigenvalue weighted by Crippen LogP contribution is 2.35. The summed E-state index contributed by atoms with van der Waals surface area (Å²) in [7, 11) is 0. The number of hydrogen-bond donors (Lipinski definition) is 2. The van der Waals surface area contributed by atoms with Gasteiger partial charge in [-0.3, -0.25) is 4.57 Å². The van der Waals surface area contributed by atoms with Crippen LogP contribution in [-0.2, 0) is 0 Å². The van der Waals surface area contributed by atoms with Gasteiger partial charge in [-0.2, -0.15) is 15.0 Å². The minimum Gasteiger partial charge on any atom is -0.354 e. The molecule has 1 aliphatic carbocycles. The van der Waals surface area contributed by atoms with Crippen LogP contribution in [0.4, 0.5) is 11.9 Å². The third-order valence-corrected chi connectivity index (χ3v) is 3.65. The predicted octanol–water partition coefficient (Wildman–Crippen LogP) is 2.09. The van der Waals surface area contributed by atoms with Gasteiger partial charge in [-0.15, -0.1) is 0 Å². The first-order valence-electron chi connectivity index (χ1n) is 7.55. The number of nitrogens with one attached hydrogen (secondary N) is 2. The molecule has 21 heavy (non-hydrogen) atoms. The van der Waals surface area contributed by atoms with Gasteiger partial charge in [0.15, 0.2) is 0 Å². The fraction of sp³-hybridized carbons (Fsp3) is 0.571. The Morgan fingerprint density at radius 2 is 2.10 bits per heavy atom. The van der Waals surface area contributed by atoms with E-state index >= 15 is 0 Å². The van der Waals surface area contributed by atoms with Crippen molar-refractivity contribution in [3.05, 3.63) is 18.7 Å². The first-order chi connectivity index (χ1) is 10.3. The maximum absolute atomic E-state index is 4.48. The van der Waals surface area contributed by atoms with E-state index in [1.807, 2.05) is 6.20 Å². The molecule has 0 bridgehead atoms. The van der Waals surface area contributed by atoms with Crippen molar-refractivity contribution in [3.8, 4) is 5.95 Å². The molecule has 0 aromatic carbocycles. The Morgan fingerprint density at radius 3 is 2.76 bits per heavy atom. The molecule has 0 radical (unpaired) electrons. The van der Waals surface area contributed by atoms with Crippen molar-refractivity contribution < 1.29 is 0 Å². The fourth-order valence-electron chi connectivity index (χ4n) is 2.28. The minimum absolute atomic E-state index is 0.493. The smallest absolute Gasteiger partial charge is 0.241 e. The van der Waals surface area contributed by atoms with Gasteiger partial charge in [0.2, 0.25) is 17.8 Å². The van der Waals surface area contributed by atoms with Crippen molar-refractivity contribution in [1.82, 2.24) is 24.5 Å². The Kier molecular flexibility index (Phi) is 3.98. The zero-order valence-corrected chi connectivity index (χ0v) is 12.5. The van der Waals surface area contributed by atoms with E-state index < -0.39 is 0 Å². The SMILES string of the molecule is CCCNc1nc(NC2CC2CC)nc(-n2ccnc2)n1. The quantitative estimate of drug-likeness (QED) is 0.811. The normalized spacial score (nSPS) is 20.3. The molecule has 0 spiro atoms. The molecule has 2 N–H and O–H groups in total. The van der Waals surface area contributed by atoms with Crippen molar-refractivity contribution >= 4 is 11.9 Å². The molecule has 2 aromatic rings. The van der Waals surface area contributed by atoms with Crippen LogP contribution in [0.25, 0.3) is 5.95 Å². The van der Waals surface area contributed by atoms with Crippen LogP contribution in [0.5, 0.6) is 0 Å². The predicted molar refractivity (Wildman–Crippen MR) is 81.5 cm³/mol. The van der Waals surface area contributed by atoms with Gasteiger partial charge in [0.1, 0.15) is 6.33 Å². The van der Waals surface area contributed by atoms with Crippen LogP contribution in [0.2, 0.25) is 0 Å². The van der Waals surface area contributed by atoms with Crippen molar-refractivity contribution in [1.29, 1.82) is 0 Å². The maximum atomic E-state index is 4.48. The van der Waals surface area contributed by atoms with Crippen LogP contribution in [0, 0.1) is 5.92 Å². The topological polar surface area (TPSA) is 80.5 Å². The maximum Gasteiger partial charge on any atom is 0.241 e. The van der Waals surface area contributed by atoms with Gasteiger partial charge >= 0.3 is 0 Å². The zero-order valence-electron chi connectivity index (χ0n) is 12.5. The highest BCUT2D eigenvalue weighted by molar-refractivity contribution is 5.39. The lowest BCUT2D eigenvalue weighted by molar-refractivity contribution is 0.769. The molecule has 1 fully saturated rings.